The zero-order valence-corrected chi connectivity index (χ0v) is 17.0. The van der Waals surface area contributed by atoms with Gasteiger partial charge in [-0.3, -0.25) is 4.84 Å². The topological polar surface area (TPSA) is 30.3 Å². The molecule has 0 spiro atoms. The number of imidazole rings is 1. The SMILES string of the molecule is CN1OC(CSc2ccc(F)cc2)CC1(Cn1ccnc1)c1ccc(Cl)cc1. The number of hydroxylamine groups is 2. The lowest BCUT2D eigenvalue weighted by molar-refractivity contribution is -0.170. The lowest BCUT2D eigenvalue weighted by atomic mass is 9.85. The number of hydrogen-bond donors (Lipinski definition) is 0. The first-order chi connectivity index (χ1) is 13.5. The van der Waals surface area contributed by atoms with Gasteiger partial charge in [0.15, 0.2) is 0 Å². The second-order valence-electron chi connectivity index (χ2n) is 6.97. The molecule has 0 saturated carbocycles. The van der Waals surface area contributed by atoms with Gasteiger partial charge in [0.25, 0.3) is 0 Å². The Balaban J connectivity index is 1.55. The normalized spacial score (nSPS) is 22.6. The average molecular weight is 418 g/mol. The minimum atomic E-state index is -0.320. The van der Waals surface area contributed by atoms with Gasteiger partial charge in [-0.15, -0.1) is 11.8 Å². The molecule has 0 N–H and O–H groups in total. The third kappa shape index (κ3) is 4.10. The van der Waals surface area contributed by atoms with E-state index >= 15 is 0 Å². The number of thioether (sulfide) groups is 1. The van der Waals surface area contributed by atoms with Gasteiger partial charge >= 0.3 is 0 Å². The molecule has 1 fully saturated rings. The van der Waals surface area contributed by atoms with Crippen LogP contribution in [0.3, 0.4) is 0 Å². The molecular formula is C21H21ClFN3OS. The Labute approximate surface area is 173 Å². The summed E-state index contributed by atoms with van der Waals surface area (Å²) in [5.41, 5.74) is 0.835. The molecule has 1 aliphatic rings. The number of rotatable bonds is 6. The van der Waals surface area contributed by atoms with Gasteiger partial charge < -0.3 is 4.57 Å². The molecule has 1 aromatic heterocycles. The minimum Gasteiger partial charge on any atom is -0.335 e. The molecule has 0 bridgehead atoms. The monoisotopic (exact) mass is 417 g/mol. The first-order valence-electron chi connectivity index (χ1n) is 9.06. The lowest BCUT2D eigenvalue weighted by Crippen LogP contribution is -2.41. The predicted molar refractivity (Wildman–Crippen MR) is 110 cm³/mol. The van der Waals surface area contributed by atoms with Crippen LogP contribution in [0.1, 0.15) is 12.0 Å². The quantitative estimate of drug-likeness (QED) is 0.528. The van der Waals surface area contributed by atoms with Crippen molar-refractivity contribution in [3.8, 4) is 0 Å². The first kappa shape index (κ1) is 19.5. The Morgan fingerprint density at radius 3 is 2.64 bits per heavy atom. The van der Waals surface area contributed by atoms with E-state index in [-0.39, 0.29) is 17.5 Å². The van der Waals surface area contributed by atoms with Crippen molar-refractivity contribution in [1.29, 1.82) is 0 Å². The van der Waals surface area contributed by atoms with Crippen LogP contribution in [0.15, 0.2) is 72.1 Å². The standard InChI is InChI=1S/C21H21ClFN3OS/c1-25-21(14-26-11-10-24-15-26,16-2-4-17(22)5-3-16)12-19(27-25)13-28-20-8-6-18(23)7-9-20/h2-11,15,19H,12-14H2,1H3. The fraction of sp³-hybridized carbons (Fsp3) is 0.286. The van der Waals surface area contributed by atoms with Crippen LogP contribution in [0.4, 0.5) is 4.39 Å². The molecule has 3 aromatic rings. The number of nitrogens with zero attached hydrogens (tertiary/aromatic N) is 3. The smallest absolute Gasteiger partial charge is 0.123 e. The van der Waals surface area contributed by atoms with Crippen molar-refractivity contribution >= 4 is 23.4 Å². The number of hydrogen-bond acceptors (Lipinski definition) is 4. The highest BCUT2D eigenvalue weighted by atomic mass is 35.5. The van der Waals surface area contributed by atoms with Crippen molar-refractivity contribution in [2.45, 2.75) is 29.5 Å². The summed E-state index contributed by atoms with van der Waals surface area (Å²) in [7, 11) is 1.98. The van der Waals surface area contributed by atoms with E-state index in [1.165, 1.54) is 12.1 Å². The first-order valence-corrected chi connectivity index (χ1v) is 10.4. The Morgan fingerprint density at radius 1 is 1.21 bits per heavy atom. The van der Waals surface area contributed by atoms with Gasteiger partial charge in [0.1, 0.15) is 5.82 Å². The maximum atomic E-state index is 13.1. The molecule has 4 rings (SSSR count). The van der Waals surface area contributed by atoms with Crippen LogP contribution in [0.2, 0.25) is 5.02 Å². The van der Waals surface area contributed by atoms with E-state index in [0.717, 1.165) is 29.2 Å². The average Bonchev–Trinajstić information content (AvgIpc) is 3.31. The lowest BCUT2D eigenvalue weighted by Gasteiger charge is -2.35. The molecule has 2 aromatic carbocycles. The molecule has 0 amide bonds. The maximum Gasteiger partial charge on any atom is 0.123 e. The second kappa shape index (κ2) is 8.25. The molecule has 2 heterocycles. The number of benzene rings is 2. The molecule has 28 heavy (non-hydrogen) atoms. The summed E-state index contributed by atoms with van der Waals surface area (Å²) in [6.07, 6.45) is 6.45. The van der Waals surface area contributed by atoms with Crippen molar-refractivity contribution < 1.29 is 9.23 Å². The van der Waals surface area contributed by atoms with Crippen LogP contribution in [0, 0.1) is 5.82 Å². The summed E-state index contributed by atoms with van der Waals surface area (Å²) in [4.78, 5) is 11.4. The van der Waals surface area contributed by atoms with Gasteiger partial charge in [0.2, 0.25) is 0 Å². The Hall–Kier alpha value is -1.86. The summed E-state index contributed by atoms with van der Waals surface area (Å²) in [6, 6.07) is 14.5. The van der Waals surface area contributed by atoms with Crippen molar-refractivity contribution in [1.82, 2.24) is 14.6 Å². The van der Waals surface area contributed by atoms with Crippen LogP contribution >= 0.6 is 23.4 Å². The van der Waals surface area contributed by atoms with E-state index in [0.29, 0.717) is 5.02 Å². The number of halogens is 2. The molecule has 0 radical (unpaired) electrons. The van der Waals surface area contributed by atoms with Crippen molar-refractivity contribution in [3.63, 3.8) is 0 Å². The minimum absolute atomic E-state index is 0.0410. The molecule has 4 nitrogen and oxygen atoms in total. The highest BCUT2D eigenvalue weighted by Gasteiger charge is 2.46. The fourth-order valence-corrected chi connectivity index (χ4v) is 4.69. The molecule has 2 atom stereocenters. The van der Waals surface area contributed by atoms with E-state index in [2.05, 4.69) is 21.7 Å². The fourth-order valence-electron chi connectivity index (χ4n) is 3.67. The second-order valence-corrected chi connectivity index (χ2v) is 8.50. The van der Waals surface area contributed by atoms with Crippen LogP contribution in [-0.4, -0.2) is 33.5 Å². The largest absolute Gasteiger partial charge is 0.335 e. The maximum absolute atomic E-state index is 13.1. The van der Waals surface area contributed by atoms with Gasteiger partial charge in [-0.1, -0.05) is 23.7 Å². The van der Waals surface area contributed by atoms with Gasteiger partial charge in [-0.25, -0.2) is 9.37 Å². The number of aromatic nitrogens is 2. The third-order valence-corrected chi connectivity index (χ3v) is 6.51. The summed E-state index contributed by atoms with van der Waals surface area (Å²) >= 11 is 7.79. The summed E-state index contributed by atoms with van der Waals surface area (Å²) < 4.78 is 15.2. The van der Waals surface area contributed by atoms with Crippen LogP contribution in [0.5, 0.6) is 0 Å². The van der Waals surface area contributed by atoms with Crippen molar-refractivity contribution in [2.24, 2.45) is 0 Å². The zero-order chi connectivity index (χ0) is 19.6. The van der Waals surface area contributed by atoms with Crippen LogP contribution < -0.4 is 0 Å². The van der Waals surface area contributed by atoms with Crippen molar-refractivity contribution in [3.05, 3.63) is 83.7 Å². The Bertz CT molecular complexity index is 904. The predicted octanol–water partition coefficient (Wildman–Crippen LogP) is 5.00. The van der Waals surface area contributed by atoms with E-state index in [1.807, 2.05) is 36.8 Å². The van der Waals surface area contributed by atoms with Crippen LogP contribution in [0.25, 0.3) is 0 Å². The Morgan fingerprint density at radius 2 is 1.96 bits per heavy atom. The van der Waals surface area contributed by atoms with Gasteiger partial charge in [-0.05, 0) is 42.0 Å². The molecule has 1 aliphatic heterocycles. The summed E-state index contributed by atoms with van der Waals surface area (Å²) in [5, 5.41) is 2.68. The van der Waals surface area contributed by atoms with E-state index in [4.69, 9.17) is 16.4 Å². The highest BCUT2D eigenvalue weighted by molar-refractivity contribution is 7.99. The van der Waals surface area contributed by atoms with Crippen LogP contribution in [-0.2, 0) is 16.9 Å². The number of likely N-dealkylation sites (N-methyl/N-ethyl adjacent to an activating group) is 1. The molecule has 0 aliphatic carbocycles. The summed E-state index contributed by atoms with van der Waals surface area (Å²) in [5.74, 6) is 0.568. The van der Waals surface area contributed by atoms with Gasteiger partial charge in [0, 0.05) is 48.1 Å². The molecule has 146 valence electrons. The highest BCUT2D eigenvalue weighted by Crippen LogP contribution is 2.42. The Kier molecular flexibility index (Phi) is 5.73. The molecule has 1 saturated heterocycles. The van der Waals surface area contributed by atoms with Gasteiger partial charge in [0.05, 0.1) is 18.0 Å². The van der Waals surface area contributed by atoms with E-state index in [9.17, 15) is 4.39 Å². The van der Waals surface area contributed by atoms with E-state index in [1.54, 1.807) is 30.1 Å². The summed E-state index contributed by atoms with van der Waals surface area (Å²) in [6.45, 7) is 0.725. The third-order valence-electron chi connectivity index (χ3n) is 5.11. The molecule has 2 unspecified atom stereocenters. The van der Waals surface area contributed by atoms with Gasteiger partial charge in [-0.2, -0.15) is 5.06 Å². The van der Waals surface area contributed by atoms with Crippen molar-refractivity contribution in [2.75, 3.05) is 12.8 Å². The zero-order valence-electron chi connectivity index (χ0n) is 15.5. The molecule has 7 heteroatoms. The van der Waals surface area contributed by atoms with E-state index < -0.39 is 0 Å². The molecular weight excluding hydrogens is 397 g/mol.